The molecule has 34 heavy (non-hydrogen) atoms. The number of methoxy groups -OCH3 is 3. The minimum Gasteiger partial charge on any atom is -0.497 e. The van der Waals surface area contributed by atoms with E-state index in [-0.39, 0.29) is 0 Å². The topological polar surface area (TPSA) is 46.2 Å². The van der Waals surface area contributed by atoms with Crippen LogP contribution >= 0.6 is 7.92 Å². The fourth-order valence-corrected chi connectivity index (χ4v) is 6.31. The lowest BCUT2D eigenvalue weighted by Crippen LogP contribution is -2.44. The molecule has 1 aliphatic rings. The molecule has 0 aromatic heterocycles. The molecule has 1 aliphatic heterocycles. The van der Waals surface area contributed by atoms with Gasteiger partial charge in [-0.05, 0) is 93.4 Å². The van der Waals surface area contributed by atoms with Crippen molar-refractivity contribution in [2.45, 2.75) is 38.9 Å². The second-order valence-electron chi connectivity index (χ2n) is 9.24. The van der Waals surface area contributed by atoms with E-state index < -0.39 is 26.2 Å². The van der Waals surface area contributed by atoms with Gasteiger partial charge in [0.05, 0.1) is 32.5 Å². The molecule has 7 heteroatoms. The van der Waals surface area contributed by atoms with Crippen molar-refractivity contribution in [3.8, 4) is 17.2 Å². The van der Waals surface area contributed by atoms with Gasteiger partial charge >= 0.3 is 7.12 Å². The summed E-state index contributed by atoms with van der Waals surface area (Å²) in [5, 5.41) is 3.55. The number of hydrogen-bond donors (Lipinski definition) is 0. The van der Waals surface area contributed by atoms with E-state index in [1.54, 1.807) is 21.3 Å². The molecule has 3 aromatic rings. The summed E-state index contributed by atoms with van der Waals surface area (Å²) in [5.74, 6) is 2.43. The first kappa shape index (κ1) is 24.6. The molecule has 0 unspecified atom stereocenters. The van der Waals surface area contributed by atoms with E-state index in [4.69, 9.17) is 23.5 Å². The summed E-state index contributed by atoms with van der Waals surface area (Å²) in [4.78, 5) is 0. The highest BCUT2D eigenvalue weighted by Gasteiger charge is 2.52. The van der Waals surface area contributed by atoms with Gasteiger partial charge in [0.15, 0.2) is 0 Å². The molecule has 0 radical (unpaired) electrons. The Bertz CT molecular complexity index is 1070. The number of rotatable bonds is 7. The SMILES string of the molecule is COc1ccc(P(c2ccc(OC)cc2)c2ccc(OC)cc2B2OC(C)(C)C(C)(C)O2)cc1. The average Bonchev–Trinajstić information content (AvgIpc) is 3.06. The lowest BCUT2D eigenvalue weighted by Gasteiger charge is -2.32. The number of ether oxygens (including phenoxy) is 3. The van der Waals surface area contributed by atoms with E-state index in [1.807, 2.05) is 36.4 Å². The van der Waals surface area contributed by atoms with Crippen molar-refractivity contribution in [2.24, 2.45) is 0 Å². The highest BCUT2D eigenvalue weighted by molar-refractivity contribution is 7.80. The largest absolute Gasteiger partial charge is 0.497 e. The summed E-state index contributed by atoms with van der Waals surface area (Å²) in [7, 11) is 3.62. The van der Waals surface area contributed by atoms with E-state index in [0.717, 1.165) is 28.0 Å². The molecule has 0 atom stereocenters. The zero-order valence-corrected chi connectivity index (χ0v) is 21.8. The smallest absolute Gasteiger partial charge is 0.495 e. The molecule has 1 saturated heterocycles. The summed E-state index contributed by atoms with van der Waals surface area (Å²) in [6, 6.07) is 22.7. The van der Waals surface area contributed by atoms with E-state index >= 15 is 0 Å². The normalized spacial score (nSPS) is 16.5. The van der Waals surface area contributed by atoms with Crippen LogP contribution in [0.15, 0.2) is 66.7 Å². The molecule has 4 rings (SSSR count). The molecular formula is C27H32BO5P. The van der Waals surface area contributed by atoms with Crippen LogP contribution in [0.5, 0.6) is 17.2 Å². The van der Waals surface area contributed by atoms with Crippen LogP contribution in [0.2, 0.25) is 0 Å². The van der Waals surface area contributed by atoms with Crippen molar-refractivity contribution < 1.29 is 23.5 Å². The van der Waals surface area contributed by atoms with Gasteiger partial charge in [-0.3, -0.25) is 0 Å². The molecular weight excluding hydrogens is 446 g/mol. The molecule has 0 aliphatic carbocycles. The molecule has 0 N–H and O–H groups in total. The molecule has 0 amide bonds. The van der Waals surface area contributed by atoms with Gasteiger partial charge in [-0.15, -0.1) is 0 Å². The van der Waals surface area contributed by atoms with Gasteiger partial charge in [-0.1, -0.05) is 30.3 Å². The lowest BCUT2D eigenvalue weighted by atomic mass is 9.79. The molecule has 178 valence electrons. The van der Waals surface area contributed by atoms with E-state index in [9.17, 15) is 0 Å². The summed E-state index contributed by atoms with van der Waals surface area (Å²) >= 11 is 0. The van der Waals surface area contributed by atoms with Crippen LogP contribution in [0.1, 0.15) is 27.7 Å². The van der Waals surface area contributed by atoms with Gasteiger partial charge in [0.1, 0.15) is 17.2 Å². The van der Waals surface area contributed by atoms with Crippen molar-refractivity contribution in [1.82, 2.24) is 0 Å². The second-order valence-corrected chi connectivity index (χ2v) is 11.4. The summed E-state index contributed by atoms with van der Waals surface area (Å²) < 4.78 is 29.4. The monoisotopic (exact) mass is 478 g/mol. The summed E-state index contributed by atoms with van der Waals surface area (Å²) in [6.45, 7) is 8.29. The van der Waals surface area contributed by atoms with Crippen molar-refractivity contribution in [1.29, 1.82) is 0 Å². The van der Waals surface area contributed by atoms with Crippen molar-refractivity contribution in [3.63, 3.8) is 0 Å². The number of benzene rings is 3. The summed E-state index contributed by atoms with van der Waals surface area (Å²) in [5.41, 5.74) is 0.0953. The third-order valence-corrected chi connectivity index (χ3v) is 9.16. The van der Waals surface area contributed by atoms with Crippen molar-refractivity contribution >= 4 is 36.4 Å². The minimum absolute atomic E-state index is 0.443. The first-order chi connectivity index (χ1) is 16.2. The Hall–Kier alpha value is -2.53. The molecule has 0 saturated carbocycles. The third kappa shape index (κ3) is 4.68. The molecule has 5 nitrogen and oxygen atoms in total. The first-order valence-corrected chi connectivity index (χ1v) is 12.6. The summed E-state index contributed by atoms with van der Waals surface area (Å²) in [6.07, 6.45) is 0. The van der Waals surface area contributed by atoms with Gasteiger partial charge in [-0.2, -0.15) is 0 Å². The maximum atomic E-state index is 6.48. The Kier molecular flexibility index (Phi) is 6.96. The van der Waals surface area contributed by atoms with Crippen molar-refractivity contribution in [3.05, 3.63) is 66.7 Å². The van der Waals surface area contributed by atoms with Crippen LogP contribution < -0.4 is 35.6 Å². The van der Waals surface area contributed by atoms with Crippen LogP contribution in [0.3, 0.4) is 0 Å². The standard InChI is InChI=1S/C27H32BO5P/c1-26(2)27(3,4)33-28(32-26)24-18-21(31-7)12-17-25(24)34(22-13-8-19(29-5)9-14-22)23-15-10-20(30-6)11-16-23/h8-18H,1-7H3. The van der Waals surface area contributed by atoms with Gasteiger partial charge < -0.3 is 23.5 Å². The highest BCUT2D eigenvalue weighted by Crippen LogP contribution is 2.39. The minimum atomic E-state index is -0.923. The van der Waals surface area contributed by atoms with E-state index in [1.165, 1.54) is 10.6 Å². The van der Waals surface area contributed by atoms with E-state index in [0.29, 0.717) is 0 Å². The fourth-order valence-electron chi connectivity index (χ4n) is 3.91. The van der Waals surface area contributed by atoms with Gasteiger partial charge in [0.25, 0.3) is 0 Å². The van der Waals surface area contributed by atoms with Crippen LogP contribution in [0.25, 0.3) is 0 Å². The predicted molar refractivity (Wildman–Crippen MR) is 141 cm³/mol. The van der Waals surface area contributed by atoms with Crippen LogP contribution in [-0.2, 0) is 9.31 Å². The van der Waals surface area contributed by atoms with Crippen LogP contribution in [-0.4, -0.2) is 39.6 Å². The maximum Gasteiger partial charge on any atom is 0.495 e. The van der Waals surface area contributed by atoms with Crippen molar-refractivity contribution in [2.75, 3.05) is 21.3 Å². The molecule has 1 fully saturated rings. The molecule has 1 heterocycles. The van der Waals surface area contributed by atoms with E-state index in [2.05, 4.69) is 58.0 Å². The zero-order valence-electron chi connectivity index (χ0n) is 20.9. The fraction of sp³-hybridized carbons (Fsp3) is 0.333. The van der Waals surface area contributed by atoms with Gasteiger partial charge in [-0.25, -0.2) is 0 Å². The van der Waals surface area contributed by atoms with Gasteiger partial charge in [0, 0.05) is 0 Å². The van der Waals surface area contributed by atoms with Gasteiger partial charge in [0.2, 0.25) is 0 Å². The third-order valence-electron chi connectivity index (χ3n) is 6.64. The highest BCUT2D eigenvalue weighted by atomic mass is 31.1. The Morgan fingerprint density at radius 1 is 0.618 bits per heavy atom. The number of hydrogen-bond acceptors (Lipinski definition) is 5. The molecule has 0 spiro atoms. The molecule has 3 aromatic carbocycles. The Morgan fingerprint density at radius 2 is 1.03 bits per heavy atom. The van der Waals surface area contributed by atoms with Crippen LogP contribution in [0.4, 0.5) is 0 Å². The Labute approximate surface area is 204 Å². The predicted octanol–water partition coefficient (Wildman–Crippen LogP) is 3.77. The second kappa shape index (κ2) is 9.61. The lowest BCUT2D eigenvalue weighted by molar-refractivity contribution is 0.00578. The average molecular weight is 478 g/mol. The first-order valence-electron chi connectivity index (χ1n) is 11.3. The Morgan fingerprint density at radius 3 is 1.44 bits per heavy atom. The molecule has 0 bridgehead atoms. The maximum absolute atomic E-state index is 6.48. The quantitative estimate of drug-likeness (QED) is 0.382. The Balaban J connectivity index is 1.88. The zero-order chi connectivity index (χ0) is 24.5. The van der Waals surface area contributed by atoms with Crippen LogP contribution in [0, 0.1) is 0 Å².